The van der Waals surface area contributed by atoms with Gasteiger partial charge in [0, 0.05) is 36.9 Å². The predicted octanol–water partition coefficient (Wildman–Crippen LogP) is 3.71. The van der Waals surface area contributed by atoms with E-state index in [4.69, 9.17) is 21.1 Å². The summed E-state index contributed by atoms with van der Waals surface area (Å²) in [7, 11) is 0. The number of fused-ring (bicyclic) bond motifs is 1. The number of hydrogen-bond donors (Lipinski definition) is 1. The lowest BCUT2D eigenvalue weighted by molar-refractivity contribution is -0.143. The number of allylic oxidation sites excluding steroid dienone is 1. The van der Waals surface area contributed by atoms with Crippen LogP contribution in [0.5, 0.6) is 0 Å². The predicted molar refractivity (Wildman–Crippen MR) is 138 cm³/mol. The number of rotatable bonds is 8. The van der Waals surface area contributed by atoms with Gasteiger partial charge in [0.05, 0.1) is 43.1 Å². The second-order valence-corrected chi connectivity index (χ2v) is 10.1. The zero-order chi connectivity index (χ0) is 24.9. The first-order chi connectivity index (χ1) is 16.8. The van der Waals surface area contributed by atoms with Crippen LogP contribution in [-0.2, 0) is 19.1 Å². The van der Waals surface area contributed by atoms with Crippen LogP contribution in [0.4, 0.5) is 0 Å². The van der Waals surface area contributed by atoms with Crippen LogP contribution in [0.3, 0.4) is 0 Å². The number of nitrogens with zero attached hydrogens (tertiary/aromatic N) is 3. The first kappa shape index (κ1) is 25.8. The minimum atomic E-state index is -0.537. The normalized spacial score (nSPS) is 20.5. The molecule has 1 saturated heterocycles. The zero-order valence-corrected chi connectivity index (χ0v) is 21.8. The molecule has 1 amide bonds. The third-order valence-electron chi connectivity index (χ3n) is 5.96. The van der Waals surface area contributed by atoms with Gasteiger partial charge >= 0.3 is 5.97 Å². The van der Waals surface area contributed by atoms with E-state index in [2.05, 4.69) is 15.2 Å². The molecule has 1 aromatic carbocycles. The Morgan fingerprint density at radius 1 is 1.29 bits per heavy atom. The summed E-state index contributed by atoms with van der Waals surface area (Å²) < 4.78 is 10.9. The SMILES string of the molecule is CC1=C(C(=O)OC(C)C)[C@@H](c2ccccc2Cl)N2C(CC(=O)NCCN3CCOCC3)=CSC2=N1. The molecule has 0 aliphatic carbocycles. The van der Waals surface area contributed by atoms with Crippen LogP contribution in [-0.4, -0.2) is 72.3 Å². The van der Waals surface area contributed by atoms with Crippen LogP contribution in [0.2, 0.25) is 5.02 Å². The molecule has 1 N–H and O–H groups in total. The molecule has 1 fully saturated rings. The fraction of sp³-hybridized carbons (Fsp3) is 0.480. The number of hydrogen-bond acceptors (Lipinski definition) is 8. The number of benzene rings is 1. The summed E-state index contributed by atoms with van der Waals surface area (Å²) in [5, 5.41) is 6.19. The fourth-order valence-electron chi connectivity index (χ4n) is 4.30. The van der Waals surface area contributed by atoms with Crippen LogP contribution in [0.25, 0.3) is 0 Å². The highest BCUT2D eigenvalue weighted by molar-refractivity contribution is 8.16. The summed E-state index contributed by atoms with van der Waals surface area (Å²) in [4.78, 5) is 34.9. The van der Waals surface area contributed by atoms with Crippen LogP contribution < -0.4 is 5.32 Å². The number of carbonyl (C=O) groups is 2. The number of aliphatic imine (C=N–C) groups is 1. The monoisotopic (exact) mass is 518 g/mol. The number of carbonyl (C=O) groups excluding carboxylic acids is 2. The fourth-order valence-corrected chi connectivity index (χ4v) is 5.51. The lowest BCUT2D eigenvalue weighted by atomic mass is 9.93. The largest absolute Gasteiger partial charge is 0.459 e. The number of nitrogens with one attached hydrogen (secondary N) is 1. The van der Waals surface area contributed by atoms with Crippen LogP contribution in [0.15, 0.2) is 51.6 Å². The molecule has 1 aromatic rings. The minimum absolute atomic E-state index is 0.0816. The Bertz CT molecular complexity index is 1070. The maximum Gasteiger partial charge on any atom is 0.338 e. The summed E-state index contributed by atoms with van der Waals surface area (Å²) in [5.74, 6) is -0.515. The summed E-state index contributed by atoms with van der Waals surface area (Å²) in [5.41, 5.74) is 2.54. The Hall–Kier alpha value is -2.33. The van der Waals surface area contributed by atoms with E-state index in [1.54, 1.807) is 6.07 Å². The summed E-state index contributed by atoms with van der Waals surface area (Å²) in [6, 6.07) is 6.90. The second-order valence-electron chi connectivity index (χ2n) is 8.85. The summed E-state index contributed by atoms with van der Waals surface area (Å²) in [6.45, 7) is 10.0. The van der Waals surface area contributed by atoms with Gasteiger partial charge in [-0.25, -0.2) is 9.79 Å². The molecule has 35 heavy (non-hydrogen) atoms. The summed E-state index contributed by atoms with van der Waals surface area (Å²) >= 11 is 8.05. The molecule has 0 bridgehead atoms. The van der Waals surface area contributed by atoms with Crippen LogP contribution in [0, 0.1) is 0 Å². The van der Waals surface area contributed by atoms with Gasteiger partial charge in [0.2, 0.25) is 5.91 Å². The van der Waals surface area contributed by atoms with E-state index < -0.39 is 12.0 Å². The lowest BCUT2D eigenvalue weighted by Gasteiger charge is -2.36. The number of halogens is 1. The van der Waals surface area contributed by atoms with Gasteiger partial charge in [0.1, 0.15) is 0 Å². The lowest BCUT2D eigenvalue weighted by Crippen LogP contribution is -2.42. The molecule has 0 aromatic heterocycles. The van der Waals surface area contributed by atoms with Crippen molar-refractivity contribution < 1.29 is 19.1 Å². The van der Waals surface area contributed by atoms with Crippen molar-refractivity contribution >= 4 is 40.4 Å². The van der Waals surface area contributed by atoms with Crippen molar-refractivity contribution in [1.29, 1.82) is 0 Å². The smallest absolute Gasteiger partial charge is 0.338 e. The van der Waals surface area contributed by atoms with Crippen molar-refractivity contribution in [3.05, 3.63) is 57.2 Å². The quantitative estimate of drug-likeness (QED) is 0.525. The number of amides is 1. The first-order valence-corrected chi connectivity index (χ1v) is 13.1. The highest BCUT2D eigenvalue weighted by Gasteiger charge is 2.42. The van der Waals surface area contributed by atoms with E-state index in [1.165, 1.54) is 11.8 Å². The highest BCUT2D eigenvalue weighted by Crippen LogP contribution is 2.46. The zero-order valence-electron chi connectivity index (χ0n) is 20.3. The summed E-state index contributed by atoms with van der Waals surface area (Å²) in [6.07, 6.45) is -0.109. The topological polar surface area (TPSA) is 83.5 Å². The Morgan fingerprint density at radius 2 is 2.03 bits per heavy atom. The average molecular weight is 519 g/mol. The van der Waals surface area contributed by atoms with Crippen molar-refractivity contribution in [3.63, 3.8) is 0 Å². The Balaban J connectivity index is 1.54. The standard InChI is InChI=1S/C25H31ClN4O4S/c1-16(2)34-24(32)22-17(3)28-25-30(23(22)19-6-4-5-7-20(19)26)18(15-35-25)14-21(31)27-8-9-29-10-12-33-13-11-29/h4-7,15-16,23H,8-14H2,1-3H3,(H,27,31)/t23-/m1/s1. The molecule has 10 heteroatoms. The Kier molecular flexibility index (Phi) is 8.54. The van der Waals surface area contributed by atoms with Gasteiger partial charge in [-0.05, 0) is 37.8 Å². The van der Waals surface area contributed by atoms with Crippen molar-refractivity contribution in [2.24, 2.45) is 4.99 Å². The van der Waals surface area contributed by atoms with Crippen LogP contribution >= 0.6 is 23.4 Å². The molecule has 0 saturated carbocycles. The van der Waals surface area contributed by atoms with Gasteiger partial charge in [-0.15, -0.1) is 0 Å². The molecule has 1 atom stereocenters. The van der Waals surface area contributed by atoms with E-state index in [1.807, 2.05) is 49.3 Å². The Morgan fingerprint density at radius 3 is 2.74 bits per heavy atom. The van der Waals surface area contributed by atoms with Crippen molar-refractivity contribution in [1.82, 2.24) is 15.1 Å². The molecule has 0 radical (unpaired) electrons. The van der Waals surface area contributed by atoms with E-state index in [9.17, 15) is 9.59 Å². The van der Waals surface area contributed by atoms with Crippen LogP contribution in [0.1, 0.15) is 38.8 Å². The molecule has 3 aliphatic heterocycles. The van der Waals surface area contributed by atoms with Gasteiger partial charge in [0.25, 0.3) is 0 Å². The maximum atomic E-state index is 13.2. The van der Waals surface area contributed by atoms with E-state index in [-0.39, 0.29) is 18.4 Å². The van der Waals surface area contributed by atoms with Gasteiger partial charge in [0.15, 0.2) is 5.17 Å². The number of esters is 1. The van der Waals surface area contributed by atoms with E-state index in [0.717, 1.165) is 44.1 Å². The molecule has 8 nitrogen and oxygen atoms in total. The number of amidine groups is 1. The van der Waals surface area contributed by atoms with E-state index in [0.29, 0.717) is 28.0 Å². The molecule has 188 valence electrons. The third-order valence-corrected chi connectivity index (χ3v) is 7.19. The number of thioether (sulfide) groups is 1. The number of ether oxygens (including phenoxy) is 2. The first-order valence-electron chi connectivity index (χ1n) is 11.8. The Labute approximate surface area is 215 Å². The molecule has 4 rings (SSSR count). The molecule has 3 heterocycles. The molecule has 0 spiro atoms. The third kappa shape index (κ3) is 6.09. The number of morpholine rings is 1. The highest BCUT2D eigenvalue weighted by atomic mass is 35.5. The second kappa shape index (κ2) is 11.6. The van der Waals surface area contributed by atoms with Crippen molar-refractivity contribution in [3.8, 4) is 0 Å². The minimum Gasteiger partial charge on any atom is -0.459 e. The van der Waals surface area contributed by atoms with Gasteiger partial charge in [-0.1, -0.05) is 41.6 Å². The molecular formula is C25H31ClN4O4S. The molecule has 3 aliphatic rings. The van der Waals surface area contributed by atoms with Gasteiger partial charge in [-0.2, -0.15) is 0 Å². The molecule has 0 unspecified atom stereocenters. The maximum absolute atomic E-state index is 13.2. The van der Waals surface area contributed by atoms with E-state index >= 15 is 0 Å². The van der Waals surface area contributed by atoms with Gasteiger partial charge in [-0.3, -0.25) is 9.69 Å². The van der Waals surface area contributed by atoms with Gasteiger partial charge < -0.3 is 19.7 Å². The average Bonchev–Trinajstić information content (AvgIpc) is 3.20. The van der Waals surface area contributed by atoms with Crippen molar-refractivity contribution in [2.45, 2.75) is 39.3 Å². The molecular weight excluding hydrogens is 488 g/mol. The van der Waals surface area contributed by atoms with Crippen molar-refractivity contribution in [2.75, 3.05) is 39.4 Å².